The normalized spacial score (nSPS) is 20.6. The van der Waals surface area contributed by atoms with Gasteiger partial charge in [-0.3, -0.25) is 15.0 Å². The maximum absolute atomic E-state index is 11.9. The monoisotopic (exact) mass is 270 g/mol. The van der Waals surface area contributed by atoms with Gasteiger partial charge in [0.2, 0.25) is 5.91 Å². The maximum Gasteiger partial charge on any atom is 0.321 e. The van der Waals surface area contributed by atoms with E-state index in [2.05, 4.69) is 27.8 Å². The van der Waals surface area contributed by atoms with Crippen molar-refractivity contribution in [2.24, 2.45) is 5.92 Å². The van der Waals surface area contributed by atoms with E-state index in [1.165, 1.54) is 7.05 Å². The van der Waals surface area contributed by atoms with Crippen molar-refractivity contribution in [3.05, 3.63) is 0 Å². The Balaban J connectivity index is 2.42. The van der Waals surface area contributed by atoms with E-state index in [0.717, 1.165) is 25.9 Å². The summed E-state index contributed by atoms with van der Waals surface area (Å²) in [5, 5.41) is 8.00. The molecular weight excluding hydrogens is 244 g/mol. The summed E-state index contributed by atoms with van der Waals surface area (Å²) < 4.78 is 0. The van der Waals surface area contributed by atoms with Crippen LogP contribution in [0.25, 0.3) is 0 Å². The van der Waals surface area contributed by atoms with Crippen molar-refractivity contribution in [1.82, 2.24) is 20.9 Å². The molecule has 2 atom stereocenters. The van der Waals surface area contributed by atoms with E-state index in [4.69, 9.17) is 0 Å². The van der Waals surface area contributed by atoms with Crippen LogP contribution in [0.3, 0.4) is 0 Å². The lowest BCUT2D eigenvalue weighted by atomic mass is 9.90. The number of carbonyl (C=O) groups is 2. The van der Waals surface area contributed by atoms with Gasteiger partial charge in [-0.1, -0.05) is 0 Å². The lowest BCUT2D eigenvalue weighted by molar-refractivity contribution is -0.125. The molecule has 1 aliphatic rings. The Hall–Kier alpha value is -1.14. The third-order valence-corrected chi connectivity index (χ3v) is 4.13. The number of hydrogen-bond donors (Lipinski definition) is 3. The molecule has 6 heteroatoms. The van der Waals surface area contributed by atoms with E-state index in [1.54, 1.807) is 0 Å². The Labute approximate surface area is 115 Å². The quantitative estimate of drug-likeness (QED) is 0.680. The highest BCUT2D eigenvalue weighted by molar-refractivity contribution is 5.96. The fourth-order valence-corrected chi connectivity index (χ4v) is 2.49. The largest absolute Gasteiger partial charge is 0.341 e. The molecule has 1 aliphatic heterocycles. The van der Waals surface area contributed by atoms with Gasteiger partial charge in [0, 0.05) is 13.1 Å². The molecule has 1 saturated heterocycles. The third-order valence-electron chi connectivity index (χ3n) is 4.13. The molecule has 0 aromatic heterocycles. The molecule has 1 rings (SSSR count). The van der Waals surface area contributed by atoms with Crippen LogP contribution >= 0.6 is 0 Å². The Bertz CT molecular complexity index is 314. The van der Waals surface area contributed by atoms with Gasteiger partial charge in [0.25, 0.3) is 0 Å². The van der Waals surface area contributed by atoms with Gasteiger partial charge >= 0.3 is 6.03 Å². The lowest BCUT2D eigenvalue weighted by Gasteiger charge is -2.37. The van der Waals surface area contributed by atoms with Crippen molar-refractivity contribution < 1.29 is 9.59 Å². The highest BCUT2D eigenvalue weighted by Gasteiger charge is 2.28. The van der Waals surface area contributed by atoms with Crippen LogP contribution in [0.5, 0.6) is 0 Å². The summed E-state index contributed by atoms with van der Waals surface area (Å²) in [5.41, 5.74) is 0. The second-order valence-corrected chi connectivity index (χ2v) is 5.20. The summed E-state index contributed by atoms with van der Waals surface area (Å²) in [6.07, 6.45) is 2.17. The Kier molecular flexibility index (Phi) is 6.24. The fraction of sp³-hybridized carbons (Fsp3) is 0.846. The maximum atomic E-state index is 11.9. The van der Waals surface area contributed by atoms with Gasteiger partial charge in [0.15, 0.2) is 0 Å². The van der Waals surface area contributed by atoms with Crippen molar-refractivity contribution >= 4 is 11.9 Å². The predicted octanol–water partition coefficient (Wildman–Crippen LogP) is 0.150. The first-order chi connectivity index (χ1) is 8.99. The number of nitrogens with zero attached hydrogens (tertiary/aromatic N) is 1. The van der Waals surface area contributed by atoms with Crippen molar-refractivity contribution in [3.63, 3.8) is 0 Å². The van der Waals surface area contributed by atoms with Gasteiger partial charge in [-0.25, -0.2) is 4.79 Å². The van der Waals surface area contributed by atoms with Gasteiger partial charge in [-0.2, -0.15) is 0 Å². The van der Waals surface area contributed by atoms with E-state index >= 15 is 0 Å². The number of rotatable bonds is 4. The van der Waals surface area contributed by atoms with Crippen molar-refractivity contribution in [2.75, 3.05) is 27.2 Å². The molecular formula is C13H26N4O2. The Morgan fingerprint density at radius 2 is 1.74 bits per heavy atom. The van der Waals surface area contributed by atoms with Crippen LogP contribution in [-0.4, -0.2) is 56.1 Å². The molecule has 1 heterocycles. The molecule has 2 unspecified atom stereocenters. The average molecular weight is 270 g/mol. The van der Waals surface area contributed by atoms with E-state index in [9.17, 15) is 9.59 Å². The van der Waals surface area contributed by atoms with Crippen molar-refractivity contribution in [1.29, 1.82) is 0 Å². The molecule has 0 bridgehead atoms. The number of likely N-dealkylation sites (tertiary alicyclic amines) is 1. The zero-order valence-corrected chi connectivity index (χ0v) is 12.3. The van der Waals surface area contributed by atoms with Gasteiger partial charge in [0.1, 0.15) is 0 Å². The lowest BCUT2D eigenvalue weighted by Crippen LogP contribution is -2.52. The molecule has 0 aromatic rings. The Morgan fingerprint density at radius 1 is 1.16 bits per heavy atom. The minimum atomic E-state index is -0.449. The summed E-state index contributed by atoms with van der Waals surface area (Å²) >= 11 is 0. The van der Waals surface area contributed by atoms with Crippen LogP contribution in [0, 0.1) is 5.92 Å². The van der Waals surface area contributed by atoms with Crippen LogP contribution in [0.15, 0.2) is 0 Å². The first kappa shape index (κ1) is 15.9. The number of urea groups is 1. The molecule has 0 radical (unpaired) electrons. The molecule has 3 N–H and O–H groups in total. The van der Waals surface area contributed by atoms with Crippen LogP contribution in [0.1, 0.15) is 26.7 Å². The number of piperidine rings is 1. The van der Waals surface area contributed by atoms with Crippen LogP contribution in [0.2, 0.25) is 0 Å². The van der Waals surface area contributed by atoms with E-state index in [-0.39, 0.29) is 11.9 Å². The topological polar surface area (TPSA) is 73.5 Å². The number of carbonyl (C=O) groups excluding carboxylic acids is 2. The van der Waals surface area contributed by atoms with Crippen molar-refractivity contribution in [3.8, 4) is 0 Å². The Morgan fingerprint density at radius 3 is 2.21 bits per heavy atom. The van der Waals surface area contributed by atoms with Crippen LogP contribution in [0.4, 0.5) is 4.79 Å². The first-order valence-corrected chi connectivity index (χ1v) is 6.93. The van der Waals surface area contributed by atoms with Gasteiger partial charge in [-0.05, 0) is 52.7 Å². The first-order valence-electron chi connectivity index (χ1n) is 6.93. The second kappa shape index (κ2) is 7.45. The van der Waals surface area contributed by atoms with E-state index < -0.39 is 6.03 Å². The standard InChI is InChI=1S/C13H26N4O2/c1-9(14-3)11-5-7-17(8-6-11)10(2)12(18)16-13(19)15-4/h9-11,14H,5-8H2,1-4H3,(H2,15,16,18,19). The van der Waals surface area contributed by atoms with Gasteiger partial charge < -0.3 is 10.6 Å². The number of amides is 3. The highest BCUT2D eigenvalue weighted by Crippen LogP contribution is 2.21. The number of hydrogen-bond acceptors (Lipinski definition) is 4. The summed E-state index contributed by atoms with van der Waals surface area (Å²) in [5.74, 6) is 0.426. The molecule has 0 aliphatic carbocycles. The smallest absolute Gasteiger partial charge is 0.321 e. The third kappa shape index (κ3) is 4.47. The molecule has 110 valence electrons. The van der Waals surface area contributed by atoms with Crippen LogP contribution in [-0.2, 0) is 4.79 Å². The van der Waals surface area contributed by atoms with E-state index in [0.29, 0.717) is 12.0 Å². The predicted molar refractivity (Wildman–Crippen MR) is 74.9 cm³/mol. The summed E-state index contributed by atoms with van der Waals surface area (Å²) in [6.45, 7) is 5.85. The van der Waals surface area contributed by atoms with Gasteiger partial charge in [0.05, 0.1) is 6.04 Å². The summed E-state index contributed by atoms with van der Waals surface area (Å²) in [6, 6.07) is -0.198. The number of imide groups is 1. The molecule has 0 saturated carbocycles. The SMILES string of the molecule is CNC(=O)NC(=O)C(C)N1CCC(C(C)NC)CC1. The highest BCUT2D eigenvalue weighted by atomic mass is 16.2. The molecule has 6 nitrogen and oxygen atoms in total. The number of nitrogens with one attached hydrogen (secondary N) is 3. The van der Waals surface area contributed by atoms with Crippen molar-refractivity contribution in [2.45, 2.75) is 38.8 Å². The minimum absolute atomic E-state index is 0.237. The van der Waals surface area contributed by atoms with E-state index in [1.807, 2.05) is 14.0 Å². The van der Waals surface area contributed by atoms with Gasteiger partial charge in [-0.15, -0.1) is 0 Å². The molecule has 19 heavy (non-hydrogen) atoms. The summed E-state index contributed by atoms with van der Waals surface area (Å²) in [7, 11) is 3.48. The fourth-order valence-electron chi connectivity index (χ4n) is 2.49. The zero-order valence-electron chi connectivity index (χ0n) is 12.3. The average Bonchev–Trinajstić information content (AvgIpc) is 2.45. The summed E-state index contributed by atoms with van der Waals surface area (Å²) in [4.78, 5) is 25.1. The zero-order chi connectivity index (χ0) is 14.4. The molecule has 1 fully saturated rings. The van der Waals surface area contributed by atoms with Crippen LogP contribution < -0.4 is 16.0 Å². The second-order valence-electron chi connectivity index (χ2n) is 5.20. The molecule has 3 amide bonds. The molecule has 0 spiro atoms. The molecule has 0 aromatic carbocycles. The minimum Gasteiger partial charge on any atom is -0.341 e.